The van der Waals surface area contributed by atoms with Crippen LogP contribution in [0.25, 0.3) is 0 Å². The van der Waals surface area contributed by atoms with Crippen LogP contribution >= 0.6 is 0 Å². The lowest BCUT2D eigenvalue weighted by molar-refractivity contribution is 0.130. The lowest BCUT2D eigenvalue weighted by Crippen LogP contribution is -2.29. The zero-order chi connectivity index (χ0) is 8.85. The summed E-state index contributed by atoms with van der Waals surface area (Å²) in [6.45, 7) is 2.06. The van der Waals surface area contributed by atoms with Gasteiger partial charge in [-0.2, -0.15) is 0 Å². The number of nitrogens with zero attached hydrogens (tertiary/aromatic N) is 1. The molecule has 0 spiro atoms. The standard InChI is InChI=1S/C5H11NO4S/c1-3-4-10-5(7)6(2)11(8)9/h3-4H2,1-2H3,(H,8,9)/p-1. The predicted molar refractivity (Wildman–Crippen MR) is 38.3 cm³/mol. The molecule has 0 aromatic rings. The first-order chi connectivity index (χ1) is 5.09. The maximum Gasteiger partial charge on any atom is 0.420 e. The van der Waals surface area contributed by atoms with Gasteiger partial charge >= 0.3 is 6.09 Å². The second kappa shape index (κ2) is 5.09. The van der Waals surface area contributed by atoms with Crippen LogP contribution in [0.15, 0.2) is 0 Å². The first-order valence-electron chi connectivity index (χ1n) is 3.09. The van der Waals surface area contributed by atoms with Crippen LogP contribution < -0.4 is 0 Å². The minimum absolute atomic E-state index is 0.236. The molecule has 0 bridgehead atoms. The van der Waals surface area contributed by atoms with Gasteiger partial charge in [-0.1, -0.05) is 6.92 Å². The van der Waals surface area contributed by atoms with E-state index in [1.165, 1.54) is 0 Å². The highest BCUT2D eigenvalue weighted by Gasteiger charge is 2.08. The third kappa shape index (κ3) is 3.94. The van der Waals surface area contributed by atoms with E-state index < -0.39 is 17.4 Å². The number of amides is 1. The Morgan fingerprint density at radius 3 is 2.64 bits per heavy atom. The Labute approximate surface area is 67.7 Å². The molecule has 1 unspecified atom stereocenters. The van der Waals surface area contributed by atoms with Gasteiger partial charge in [-0.05, 0) is 6.42 Å². The highest BCUT2D eigenvalue weighted by molar-refractivity contribution is 7.77. The van der Waals surface area contributed by atoms with Crippen LogP contribution in [0.5, 0.6) is 0 Å². The normalized spacial score (nSPS) is 12.3. The molecule has 11 heavy (non-hydrogen) atoms. The Balaban J connectivity index is 3.74. The summed E-state index contributed by atoms with van der Waals surface area (Å²) in [6, 6.07) is 0. The topological polar surface area (TPSA) is 69.7 Å². The van der Waals surface area contributed by atoms with E-state index >= 15 is 0 Å². The lowest BCUT2D eigenvalue weighted by Gasteiger charge is -2.17. The summed E-state index contributed by atoms with van der Waals surface area (Å²) >= 11 is -2.54. The van der Waals surface area contributed by atoms with Crippen molar-refractivity contribution in [3.05, 3.63) is 0 Å². The molecule has 0 fully saturated rings. The van der Waals surface area contributed by atoms with Gasteiger partial charge in [0.1, 0.15) is 0 Å². The maximum atomic E-state index is 10.7. The number of rotatable bonds is 3. The van der Waals surface area contributed by atoms with Gasteiger partial charge in [-0.15, -0.1) is 0 Å². The lowest BCUT2D eigenvalue weighted by atomic mass is 10.5. The largest absolute Gasteiger partial charge is 0.755 e. The van der Waals surface area contributed by atoms with Crippen molar-refractivity contribution >= 4 is 17.4 Å². The first-order valence-corrected chi connectivity index (χ1v) is 4.12. The molecule has 1 atom stereocenters. The van der Waals surface area contributed by atoms with E-state index in [-0.39, 0.29) is 6.61 Å². The summed E-state index contributed by atoms with van der Waals surface area (Å²) in [5.41, 5.74) is 0. The van der Waals surface area contributed by atoms with Crippen molar-refractivity contribution in [1.82, 2.24) is 4.31 Å². The summed E-state index contributed by atoms with van der Waals surface area (Å²) in [5.74, 6) is 0. The van der Waals surface area contributed by atoms with E-state index in [1.54, 1.807) is 0 Å². The predicted octanol–water partition coefficient (Wildman–Crippen LogP) is 0.259. The molecule has 0 aliphatic heterocycles. The maximum absolute atomic E-state index is 10.7. The van der Waals surface area contributed by atoms with Crippen LogP contribution in [0, 0.1) is 0 Å². The van der Waals surface area contributed by atoms with Crippen molar-refractivity contribution < 1.29 is 18.3 Å². The zero-order valence-corrected chi connectivity index (χ0v) is 7.22. The summed E-state index contributed by atoms with van der Waals surface area (Å²) in [7, 11) is 1.13. The first kappa shape index (κ1) is 10.4. The number of carbonyl (C=O) groups excluding carboxylic acids is 1. The fourth-order valence-electron chi connectivity index (χ4n) is 0.341. The second-order valence-corrected chi connectivity index (χ2v) is 2.81. The van der Waals surface area contributed by atoms with Gasteiger partial charge in [0, 0.05) is 7.05 Å². The smallest absolute Gasteiger partial charge is 0.420 e. The van der Waals surface area contributed by atoms with Gasteiger partial charge in [0.15, 0.2) is 0 Å². The summed E-state index contributed by atoms with van der Waals surface area (Å²) in [5, 5.41) is 0. The summed E-state index contributed by atoms with van der Waals surface area (Å²) < 4.78 is 25.3. The van der Waals surface area contributed by atoms with Gasteiger partial charge in [-0.25, -0.2) is 9.10 Å². The van der Waals surface area contributed by atoms with Gasteiger partial charge in [0.25, 0.3) is 0 Å². The Kier molecular flexibility index (Phi) is 4.80. The Hall–Kier alpha value is -0.620. The molecule has 0 heterocycles. The molecule has 0 saturated carbocycles. The van der Waals surface area contributed by atoms with Crippen LogP contribution in [-0.2, 0) is 16.0 Å². The minimum Gasteiger partial charge on any atom is -0.755 e. The summed E-state index contributed by atoms with van der Waals surface area (Å²) in [4.78, 5) is 10.7. The molecule has 0 rings (SSSR count). The van der Waals surface area contributed by atoms with E-state index in [0.717, 1.165) is 7.05 Å². The third-order valence-electron chi connectivity index (χ3n) is 0.910. The van der Waals surface area contributed by atoms with E-state index in [4.69, 9.17) is 0 Å². The van der Waals surface area contributed by atoms with Crippen LogP contribution in [-0.4, -0.2) is 32.8 Å². The molecule has 0 aromatic heterocycles. The molecule has 66 valence electrons. The number of hydrogen-bond donors (Lipinski definition) is 0. The minimum atomic E-state index is -2.54. The molecule has 0 saturated heterocycles. The van der Waals surface area contributed by atoms with Gasteiger partial charge in [-0.3, -0.25) is 4.21 Å². The van der Waals surface area contributed by atoms with E-state index in [2.05, 4.69) is 4.74 Å². The molecule has 5 nitrogen and oxygen atoms in total. The van der Waals surface area contributed by atoms with Gasteiger partial charge in [0.05, 0.1) is 17.9 Å². The average Bonchev–Trinajstić information content (AvgIpc) is 1.98. The highest BCUT2D eigenvalue weighted by atomic mass is 32.2. The molecule has 0 radical (unpaired) electrons. The quantitative estimate of drug-likeness (QED) is 0.584. The van der Waals surface area contributed by atoms with Crippen molar-refractivity contribution in [2.45, 2.75) is 13.3 Å². The van der Waals surface area contributed by atoms with Crippen molar-refractivity contribution in [2.24, 2.45) is 0 Å². The monoisotopic (exact) mass is 180 g/mol. The van der Waals surface area contributed by atoms with Crippen LogP contribution in [0.3, 0.4) is 0 Å². The Morgan fingerprint density at radius 1 is 1.73 bits per heavy atom. The van der Waals surface area contributed by atoms with Gasteiger partial charge < -0.3 is 9.29 Å². The molecule has 1 amide bonds. The Morgan fingerprint density at radius 2 is 2.27 bits per heavy atom. The van der Waals surface area contributed by atoms with Crippen molar-refractivity contribution in [3.63, 3.8) is 0 Å². The van der Waals surface area contributed by atoms with Crippen LogP contribution in [0.1, 0.15) is 13.3 Å². The third-order valence-corrected chi connectivity index (χ3v) is 1.51. The zero-order valence-electron chi connectivity index (χ0n) is 6.40. The van der Waals surface area contributed by atoms with Crippen LogP contribution in [0.2, 0.25) is 0 Å². The molecule has 0 aliphatic carbocycles. The van der Waals surface area contributed by atoms with E-state index in [0.29, 0.717) is 10.7 Å². The molecule has 0 aliphatic rings. The van der Waals surface area contributed by atoms with Crippen molar-refractivity contribution in [2.75, 3.05) is 13.7 Å². The fourth-order valence-corrected chi connectivity index (χ4v) is 0.516. The number of carbonyl (C=O) groups is 1. The fraction of sp³-hybridized carbons (Fsp3) is 0.800. The Bertz CT molecular complexity index is 161. The number of ether oxygens (including phenoxy) is 1. The van der Waals surface area contributed by atoms with Gasteiger partial charge in [0.2, 0.25) is 0 Å². The van der Waals surface area contributed by atoms with Crippen LogP contribution in [0.4, 0.5) is 4.79 Å². The molecule has 0 aromatic carbocycles. The molecular formula is C5H10NO4S-. The molecular weight excluding hydrogens is 170 g/mol. The molecule has 6 heteroatoms. The average molecular weight is 180 g/mol. The molecule has 0 N–H and O–H groups in total. The summed E-state index contributed by atoms with van der Waals surface area (Å²) in [6.07, 6.45) is -0.175. The van der Waals surface area contributed by atoms with E-state index in [9.17, 15) is 13.6 Å². The number of hydrogen-bond acceptors (Lipinski definition) is 4. The van der Waals surface area contributed by atoms with Crippen molar-refractivity contribution in [1.29, 1.82) is 0 Å². The van der Waals surface area contributed by atoms with Crippen molar-refractivity contribution in [3.8, 4) is 0 Å². The second-order valence-electron chi connectivity index (χ2n) is 1.83. The SMILES string of the molecule is CCCOC(=O)N(C)S(=O)[O-]. The highest BCUT2D eigenvalue weighted by Crippen LogP contribution is 1.93. The van der Waals surface area contributed by atoms with E-state index in [1.807, 2.05) is 6.92 Å².